The Hall–Kier alpha value is -0.880. The third-order valence-electron chi connectivity index (χ3n) is 3.96. The molecule has 3 rings (SSSR count). The molecule has 1 aliphatic heterocycles. The third kappa shape index (κ3) is 2.91. The van der Waals surface area contributed by atoms with Crippen LogP contribution in [0.15, 0.2) is 4.47 Å². The number of piperazine rings is 1. The first-order chi connectivity index (χ1) is 9.69. The fraction of sp³-hybridized carbons (Fsp3) is 0.714. The maximum Gasteiger partial charge on any atom is 0.227 e. The lowest BCUT2D eigenvalue weighted by Crippen LogP contribution is -2.45. The van der Waals surface area contributed by atoms with Crippen LogP contribution in [0.5, 0.6) is 0 Å². The Bertz CT molecular complexity index is 481. The predicted octanol–water partition coefficient (Wildman–Crippen LogP) is 2.30. The van der Waals surface area contributed by atoms with Gasteiger partial charge in [-0.25, -0.2) is 4.98 Å². The lowest BCUT2D eigenvalue weighted by molar-refractivity contribution is 0.311. The highest BCUT2D eigenvalue weighted by Gasteiger charge is 2.30. The van der Waals surface area contributed by atoms with Gasteiger partial charge in [-0.05, 0) is 42.7 Å². The maximum atomic E-state index is 4.84. The van der Waals surface area contributed by atoms with Crippen molar-refractivity contribution < 1.29 is 0 Å². The molecule has 0 aromatic carbocycles. The van der Waals surface area contributed by atoms with Crippen molar-refractivity contribution in [3.05, 3.63) is 10.2 Å². The monoisotopic (exact) mass is 339 g/mol. The van der Waals surface area contributed by atoms with Gasteiger partial charge in [0, 0.05) is 38.6 Å². The van der Waals surface area contributed by atoms with Crippen molar-refractivity contribution >= 4 is 27.7 Å². The molecule has 1 aliphatic carbocycles. The number of nitrogens with zero attached hydrogens (tertiary/aromatic N) is 4. The van der Waals surface area contributed by atoms with Crippen LogP contribution in [0.3, 0.4) is 0 Å². The fourth-order valence-electron chi connectivity index (χ4n) is 2.51. The minimum absolute atomic E-state index is 0.621. The number of hydrogen-bond donors (Lipinski definition) is 1. The zero-order chi connectivity index (χ0) is 14.1. The molecule has 0 atom stereocenters. The van der Waals surface area contributed by atoms with Gasteiger partial charge in [-0.2, -0.15) is 4.98 Å². The van der Waals surface area contributed by atoms with Gasteiger partial charge in [-0.3, -0.25) is 0 Å². The number of aromatic nitrogens is 2. The van der Waals surface area contributed by atoms with Crippen molar-refractivity contribution in [2.45, 2.75) is 25.7 Å². The van der Waals surface area contributed by atoms with Crippen molar-refractivity contribution in [2.75, 3.05) is 50.0 Å². The van der Waals surface area contributed by atoms with Crippen LogP contribution in [0.1, 0.15) is 31.4 Å². The van der Waals surface area contributed by atoms with E-state index in [1.165, 1.54) is 18.5 Å². The summed E-state index contributed by atoms with van der Waals surface area (Å²) in [7, 11) is 2.17. The topological polar surface area (TPSA) is 44.3 Å². The van der Waals surface area contributed by atoms with Crippen LogP contribution in [-0.4, -0.2) is 54.6 Å². The first kappa shape index (κ1) is 14.1. The quantitative estimate of drug-likeness (QED) is 0.911. The van der Waals surface area contributed by atoms with E-state index in [-0.39, 0.29) is 0 Å². The van der Waals surface area contributed by atoms with E-state index >= 15 is 0 Å². The van der Waals surface area contributed by atoms with Gasteiger partial charge >= 0.3 is 0 Å². The van der Waals surface area contributed by atoms with Crippen molar-refractivity contribution in [2.24, 2.45) is 0 Å². The van der Waals surface area contributed by atoms with Gasteiger partial charge in [0.15, 0.2) is 0 Å². The second-order valence-electron chi connectivity index (χ2n) is 5.67. The molecule has 0 radical (unpaired) electrons. The average molecular weight is 340 g/mol. The van der Waals surface area contributed by atoms with Crippen LogP contribution < -0.4 is 10.2 Å². The predicted molar refractivity (Wildman–Crippen MR) is 85.6 cm³/mol. The largest absolute Gasteiger partial charge is 0.369 e. The summed E-state index contributed by atoms with van der Waals surface area (Å²) in [6.07, 6.45) is 2.51. The SMILES string of the molecule is CCNc1nc(N2CCN(C)CC2)nc(C2CC2)c1Br. The van der Waals surface area contributed by atoms with Crippen molar-refractivity contribution in [3.63, 3.8) is 0 Å². The molecule has 0 unspecified atom stereocenters. The number of halogens is 1. The van der Waals surface area contributed by atoms with E-state index in [9.17, 15) is 0 Å². The molecule has 1 saturated carbocycles. The summed E-state index contributed by atoms with van der Waals surface area (Å²) < 4.78 is 1.06. The van der Waals surface area contributed by atoms with E-state index in [0.717, 1.165) is 49.0 Å². The second-order valence-corrected chi connectivity index (χ2v) is 6.46. The molecule has 6 heteroatoms. The van der Waals surface area contributed by atoms with Gasteiger partial charge in [0.05, 0.1) is 10.2 Å². The van der Waals surface area contributed by atoms with Crippen LogP contribution in [-0.2, 0) is 0 Å². The minimum Gasteiger partial charge on any atom is -0.369 e. The normalized spacial score (nSPS) is 20.2. The first-order valence-corrected chi connectivity index (χ1v) is 8.23. The summed E-state index contributed by atoms with van der Waals surface area (Å²) in [6, 6.07) is 0. The smallest absolute Gasteiger partial charge is 0.227 e. The maximum absolute atomic E-state index is 4.84. The van der Waals surface area contributed by atoms with Crippen LogP contribution >= 0.6 is 15.9 Å². The number of nitrogens with one attached hydrogen (secondary N) is 1. The summed E-state index contributed by atoms with van der Waals surface area (Å²) in [5.74, 6) is 2.45. The fourth-order valence-corrected chi connectivity index (χ4v) is 3.15. The first-order valence-electron chi connectivity index (χ1n) is 7.43. The molecule has 2 aliphatic rings. The van der Waals surface area contributed by atoms with Gasteiger partial charge in [0.1, 0.15) is 5.82 Å². The van der Waals surface area contributed by atoms with Crippen molar-refractivity contribution in [3.8, 4) is 0 Å². The summed E-state index contributed by atoms with van der Waals surface area (Å²) in [4.78, 5) is 14.2. The summed E-state index contributed by atoms with van der Waals surface area (Å²) in [5.41, 5.74) is 1.19. The Kier molecular flexibility index (Phi) is 4.12. The van der Waals surface area contributed by atoms with Crippen LogP contribution in [0, 0.1) is 0 Å². The molecule has 1 N–H and O–H groups in total. The van der Waals surface area contributed by atoms with Gasteiger partial charge in [-0.1, -0.05) is 0 Å². The van der Waals surface area contributed by atoms with Gasteiger partial charge < -0.3 is 15.1 Å². The average Bonchev–Trinajstić information content (AvgIpc) is 3.27. The summed E-state index contributed by atoms with van der Waals surface area (Å²) >= 11 is 3.68. The number of anilines is 2. The molecule has 110 valence electrons. The molecule has 1 saturated heterocycles. The van der Waals surface area contributed by atoms with Crippen LogP contribution in [0.4, 0.5) is 11.8 Å². The number of rotatable bonds is 4. The molecule has 2 fully saturated rings. The molecule has 0 bridgehead atoms. The van der Waals surface area contributed by atoms with E-state index in [2.05, 4.69) is 45.0 Å². The van der Waals surface area contributed by atoms with Crippen molar-refractivity contribution in [1.29, 1.82) is 0 Å². The van der Waals surface area contributed by atoms with Crippen LogP contribution in [0.2, 0.25) is 0 Å². The molecule has 5 nitrogen and oxygen atoms in total. The minimum atomic E-state index is 0.621. The molecule has 1 aromatic heterocycles. The number of likely N-dealkylation sites (N-methyl/N-ethyl adjacent to an activating group) is 1. The van der Waals surface area contributed by atoms with E-state index in [4.69, 9.17) is 9.97 Å². The highest BCUT2D eigenvalue weighted by molar-refractivity contribution is 9.10. The standard InChI is InChI=1S/C14H22BrN5/c1-3-16-13-11(15)12(10-4-5-10)17-14(18-13)20-8-6-19(2)7-9-20/h10H,3-9H2,1-2H3,(H,16,17,18). The van der Waals surface area contributed by atoms with Gasteiger partial charge in [0.25, 0.3) is 0 Å². The van der Waals surface area contributed by atoms with Crippen molar-refractivity contribution in [1.82, 2.24) is 14.9 Å². The Morgan fingerprint density at radius 3 is 2.50 bits per heavy atom. The molecule has 20 heavy (non-hydrogen) atoms. The third-order valence-corrected chi connectivity index (χ3v) is 4.74. The zero-order valence-corrected chi connectivity index (χ0v) is 13.8. The van der Waals surface area contributed by atoms with E-state index < -0.39 is 0 Å². The zero-order valence-electron chi connectivity index (χ0n) is 12.2. The molecule has 1 aromatic rings. The van der Waals surface area contributed by atoms with Gasteiger partial charge in [-0.15, -0.1) is 0 Å². The lowest BCUT2D eigenvalue weighted by Gasteiger charge is -2.32. The summed E-state index contributed by atoms with van der Waals surface area (Å²) in [5, 5.41) is 3.35. The Balaban J connectivity index is 1.89. The Morgan fingerprint density at radius 2 is 1.90 bits per heavy atom. The van der Waals surface area contributed by atoms with Crippen LogP contribution in [0.25, 0.3) is 0 Å². The Labute approximate surface area is 128 Å². The molecule has 2 heterocycles. The lowest BCUT2D eigenvalue weighted by atomic mass is 10.2. The summed E-state index contributed by atoms with van der Waals surface area (Å²) in [6.45, 7) is 7.15. The Morgan fingerprint density at radius 1 is 1.20 bits per heavy atom. The highest BCUT2D eigenvalue weighted by atomic mass is 79.9. The van der Waals surface area contributed by atoms with E-state index in [0.29, 0.717) is 5.92 Å². The molecule has 0 spiro atoms. The second kappa shape index (κ2) is 5.85. The highest BCUT2D eigenvalue weighted by Crippen LogP contribution is 2.44. The number of hydrogen-bond acceptors (Lipinski definition) is 5. The van der Waals surface area contributed by atoms with E-state index in [1.807, 2.05) is 0 Å². The molecular weight excluding hydrogens is 318 g/mol. The van der Waals surface area contributed by atoms with Gasteiger partial charge in [0.2, 0.25) is 5.95 Å². The molecule has 0 amide bonds. The van der Waals surface area contributed by atoms with E-state index in [1.54, 1.807) is 0 Å². The molecular formula is C14H22BrN5.